The Morgan fingerprint density at radius 1 is 1.69 bits per heavy atom. The maximum atomic E-state index is 8.79. The molecule has 1 saturated heterocycles. The van der Waals surface area contributed by atoms with Crippen LogP contribution in [0.15, 0.2) is 0 Å². The maximum absolute atomic E-state index is 8.79. The first-order chi connectivity index (χ1) is 6.27. The smallest absolute Gasteiger partial charge is 0.0949 e. The van der Waals surface area contributed by atoms with Gasteiger partial charge in [-0.15, -0.1) is 0 Å². The first-order valence-corrected chi connectivity index (χ1v) is 5.11. The molecule has 1 heterocycles. The van der Waals surface area contributed by atoms with Gasteiger partial charge < -0.3 is 5.73 Å². The zero-order valence-electron chi connectivity index (χ0n) is 8.37. The van der Waals surface area contributed by atoms with Gasteiger partial charge in [0, 0.05) is 6.54 Å². The van der Waals surface area contributed by atoms with Crippen molar-refractivity contribution in [2.24, 2.45) is 11.7 Å². The maximum Gasteiger partial charge on any atom is 0.0949 e. The molecule has 1 aliphatic rings. The predicted molar refractivity (Wildman–Crippen MR) is 53.0 cm³/mol. The number of nitrogens with two attached hydrogens (primary N) is 1. The van der Waals surface area contributed by atoms with Crippen LogP contribution in [0.3, 0.4) is 0 Å². The van der Waals surface area contributed by atoms with Gasteiger partial charge in [-0.1, -0.05) is 0 Å². The van der Waals surface area contributed by atoms with Crippen molar-refractivity contribution in [1.29, 1.82) is 5.26 Å². The molecule has 0 aromatic heterocycles. The van der Waals surface area contributed by atoms with Crippen LogP contribution in [0.5, 0.6) is 0 Å². The summed E-state index contributed by atoms with van der Waals surface area (Å²) in [6.07, 6.45) is 3.61. The summed E-state index contributed by atoms with van der Waals surface area (Å²) in [7, 11) is 0. The summed E-state index contributed by atoms with van der Waals surface area (Å²) in [5.41, 5.74) is 5.53. The molecule has 2 atom stereocenters. The van der Waals surface area contributed by atoms with Crippen molar-refractivity contribution in [3.63, 3.8) is 0 Å². The van der Waals surface area contributed by atoms with E-state index in [4.69, 9.17) is 11.0 Å². The van der Waals surface area contributed by atoms with E-state index >= 15 is 0 Å². The summed E-state index contributed by atoms with van der Waals surface area (Å²) in [6.45, 7) is 4.89. The Morgan fingerprint density at radius 2 is 2.46 bits per heavy atom. The minimum Gasteiger partial charge on any atom is -0.330 e. The number of nitrogens with zero attached hydrogens (tertiary/aromatic N) is 2. The Morgan fingerprint density at radius 3 is 3.08 bits per heavy atom. The van der Waals surface area contributed by atoms with E-state index in [1.54, 1.807) is 0 Å². The summed E-state index contributed by atoms with van der Waals surface area (Å²) in [5, 5.41) is 8.79. The normalized spacial score (nSPS) is 26.7. The molecule has 0 aromatic carbocycles. The van der Waals surface area contributed by atoms with E-state index in [2.05, 4.69) is 11.0 Å². The Bertz CT molecular complexity index is 183. The van der Waals surface area contributed by atoms with Crippen LogP contribution in [0, 0.1) is 17.2 Å². The Kier molecular flexibility index (Phi) is 4.20. The second-order valence-corrected chi connectivity index (χ2v) is 3.89. The zero-order chi connectivity index (χ0) is 9.68. The summed E-state index contributed by atoms with van der Waals surface area (Å²) < 4.78 is 0. The monoisotopic (exact) mass is 181 g/mol. The van der Waals surface area contributed by atoms with Gasteiger partial charge in [0.05, 0.1) is 12.1 Å². The molecular formula is C10H19N3. The Hall–Kier alpha value is -0.590. The Balaban J connectivity index is 2.38. The third-order valence-electron chi connectivity index (χ3n) is 2.86. The van der Waals surface area contributed by atoms with Crippen LogP contribution in [-0.2, 0) is 0 Å². The average Bonchev–Trinajstić information content (AvgIpc) is 2.18. The average molecular weight is 181 g/mol. The molecule has 74 valence electrons. The van der Waals surface area contributed by atoms with Crippen molar-refractivity contribution in [2.45, 2.75) is 32.2 Å². The third-order valence-corrected chi connectivity index (χ3v) is 2.86. The second kappa shape index (κ2) is 5.21. The SMILES string of the molecule is CC(C#N)N1CCCC(CCN)C1. The predicted octanol–water partition coefficient (Wildman–Crippen LogP) is 0.959. The summed E-state index contributed by atoms with van der Waals surface area (Å²) >= 11 is 0. The molecule has 1 aliphatic heterocycles. The van der Waals surface area contributed by atoms with E-state index in [0.717, 1.165) is 32.0 Å². The topological polar surface area (TPSA) is 53.0 Å². The molecule has 1 rings (SSSR count). The summed E-state index contributed by atoms with van der Waals surface area (Å²) in [4.78, 5) is 2.27. The second-order valence-electron chi connectivity index (χ2n) is 3.89. The fraction of sp³-hybridized carbons (Fsp3) is 0.900. The highest BCUT2D eigenvalue weighted by Crippen LogP contribution is 2.20. The highest BCUT2D eigenvalue weighted by atomic mass is 15.2. The molecule has 3 nitrogen and oxygen atoms in total. The molecule has 0 aromatic rings. The number of nitriles is 1. The molecule has 0 bridgehead atoms. The lowest BCUT2D eigenvalue weighted by atomic mass is 9.94. The third kappa shape index (κ3) is 2.98. The van der Waals surface area contributed by atoms with Gasteiger partial charge in [0.2, 0.25) is 0 Å². The first kappa shape index (κ1) is 10.5. The van der Waals surface area contributed by atoms with Crippen LogP contribution in [0.25, 0.3) is 0 Å². The van der Waals surface area contributed by atoms with E-state index < -0.39 is 0 Å². The van der Waals surface area contributed by atoms with Crippen molar-refractivity contribution in [2.75, 3.05) is 19.6 Å². The fourth-order valence-electron chi connectivity index (χ4n) is 2.00. The van der Waals surface area contributed by atoms with Crippen LogP contribution in [0.1, 0.15) is 26.2 Å². The number of rotatable bonds is 3. The van der Waals surface area contributed by atoms with E-state index in [9.17, 15) is 0 Å². The molecule has 0 amide bonds. The van der Waals surface area contributed by atoms with Crippen molar-refractivity contribution < 1.29 is 0 Å². The van der Waals surface area contributed by atoms with E-state index in [0.29, 0.717) is 0 Å². The quantitative estimate of drug-likeness (QED) is 0.705. The summed E-state index contributed by atoms with van der Waals surface area (Å²) in [6, 6.07) is 2.36. The molecule has 0 aliphatic carbocycles. The lowest BCUT2D eigenvalue weighted by Crippen LogP contribution is -2.41. The molecule has 2 N–H and O–H groups in total. The lowest BCUT2D eigenvalue weighted by Gasteiger charge is -2.34. The molecule has 0 saturated carbocycles. The molecule has 2 unspecified atom stereocenters. The highest BCUT2D eigenvalue weighted by Gasteiger charge is 2.22. The minimum absolute atomic E-state index is 0.0700. The molecule has 0 spiro atoms. The fourth-order valence-corrected chi connectivity index (χ4v) is 2.00. The van der Waals surface area contributed by atoms with Gasteiger partial charge in [-0.3, -0.25) is 4.90 Å². The molecule has 13 heavy (non-hydrogen) atoms. The minimum atomic E-state index is 0.0700. The van der Waals surface area contributed by atoms with Gasteiger partial charge in [0.15, 0.2) is 0 Å². The number of likely N-dealkylation sites (tertiary alicyclic amines) is 1. The molecule has 0 radical (unpaired) electrons. The largest absolute Gasteiger partial charge is 0.330 e. The number of hydrogen-bond acceptors (Lipinski definition) is 3. The van der Waals surface area contributed by atoms with Crippen LogP contribution in [0.2, 0.25) is 0 Å². The van der Waals surface area contributed by atoms with Crippen LogP contribution < -0.4 is 5.73 Å². The van der Waals surface area contributed by atoms with Gasteiger partial charge in [0.1, 0.15) is 0 Å². The first-order valence-electron chi connectivity index (χ1n) is 5.11. The van der Waals surface area contributed by atoms with Gasteiger partial charge in [-0.05, 0) is 45.2 Å². The molecular weight excluding hydrogens is 162 g/mol. The van der Waals surface area contributed by atoms with Crippen molar-refractivity contribution >= 4 is 0 Å². The number of piperidine rings is 1. The molecule has 1 fully saturated rings. The van der Waals surface area contributed by atoms with E-state index in [1.807, 2.05) is 6.92 Å². The van der Waals surface area contributed by atoms with Crippen LogP contribution in [-0.4, -0.2) is 30.6 Å². The van der Waals surface area contributed by atoms with Crippen molar-refractivity contribution in [1.82, 2.24) is 4.90 Å². The van der Waals surface area contributed by atoms with E-state index in [1.165, 1.54) is 12.8 Å². The summed E-state index contributed by atoms with van der Waals surface area (Å²) in [5.74, 6) is 0.717. The Labute approximate surface area is 80.5 Å². The lowest BCUT2D eigenvalue weighted by molar-refractivity contribution is 0.151. The van der Waals surface area contributed by atoms with Crippen LogP contribution in [0.4, 0.5) is 0 Å². The standard InChI is InChI=1S/C10H19N3/c1-9(7-12)13-6-2-3-10(8-13)4-5-11/h9-10H,2-6,8,11H2,1H3. The van der Waals surface area contributed by atoms with Gasteiger partial charge >= 0.3 is 0 Å². The van der Waals surface area contributed by atoms with Gasteiger partial charge in [-0.2, -0.15) is 5.26 Å². The highest BCUT2D eigenvalue weighted by molar-refractivity contribution is 4.90. The van der Waals surface area contributed by atoms with Crippen molar-refractivity contribution in [3.05, 3.63) is 0 Å². The van der Waals surface area contributed by atoms with E-state index in [-0.39, 0.29) is 6.04 Å². The number of hydrogen-bond donors (Lipinski definition) is 1. The van der Waals surface area contributed by atoms with Crippen molar-refractivity contribution in [3.8, 4) is 6.07 Å². The van der Waals surface area contributed by atoms with Gasteiger partial charge in [-0.25, -0.2) is 0 Å². The molecule has 3 heteroatoms. The zero-order valence-corrected chi connectivity index (χ0v) is 8.37. The van der Waals surface area contributed by atoms with Gasteiger partial charge in [0.25, 0.3) is 0 Å². The van der Waals surface area contributed by atoms with Crippen LogP contribution >= 0.6 is 0 Å².